The van der Waals surface area contributed by atoms with Gasteiger partial charge in [0.15, 0.2) is 0 Å². The Morgan fingerprint density at radius 2 is 1.65 bits per heavy atom. The Balaban J connectivity index is 1.55. The highest BCUT2D eigenvalue weighted by atomic mass is 16.2. The summed E-state index contributed by atoms with van der Waals surface area (Å²) in [5.74, 6) is 1.60. The molecule has 0 bridgehead atoms. The van der Waals surface area contributed by atoms with Crippen LogP contribution in [0, 0.1) is 11.8 Å². The van der Waals surface area contributed by atoms with Gasteiger partial charge in [0.25, 0.3) is 5.91 Å². The van der Waals surface area contributed by atoms with Crippen LogP contribution in [-0.2, 0) is 4.79 Å². The molecular formula is C19H26N2O2. The maximum atomic E-state index is 12.4. The molecule has 2 aliphatic carbocycles. The molecule has 0 aromatic heterocycles. The quantitative estimate of drug-likeness (QED) is 0.893. The molecule has 0 saturated heterocycles. The normalized spacial score (nSPS) is 26.9. The monoisotopic (exact) mass is 314 g/mol. The van der Waals surface area contributed by atoms with Crippen molar-refractivity contribution in [1.29, 1.82) is 0 Å². The van der Waals surface area contributed by atoms with Gasteiger partial charge in [0.2, 0.25) is 5.91 Å². The molecule has 0 aliphatic heterocycles. The summed E-state index contributed by atoms with van der Waals surface area (Å²) in [6, 6.07) is 7.40. The summed E-state index contributed by atoms with van der Waals surface area (Å²) in [6.45, 7) is 1.47. The van der Waals surface area contributed by atoms with Gasteiger partial charge in [-0.1, -0.05) is 25.7 Å². The lowest BCUT2D eigenvalue weighted by molar-refractivity contribution is -0.114. The standard InChI is InChI=1S/C19H26N2O2/c1-13(22)20-17-9-7-15(8-10-17)19(23)21-18-11-6-14-4-2-3-5-16(14)12-18/h7-10,14,16,18H,2-6,11-12H2,1H3,(H,20,22)(H,21,23)/t14-,16+,18+/m0/s1. The van der Waals surface area contributed by atoms with E-state index in [1.165, 1.54) is 39.0 Å². The lowest BCUT2D eigenvalue weighted by atomic mass is 9.69. The van der Waals surface area contributed by atoms with Gasteiger partial charge in [-0.3, -0.25) is 9.59 Å². The van der Waals surface area contributed by atoms with E-state index in [0.717, 1.165) is 30.4 Å². The van der Waals surface area contributed by atoms with Crippen LogP contribution in [0.4, 0.5) is 5.69 Å². The van der Waals surface area contributed by atoms with Crippen molar-refractivity contribution in [2.24, 2.45) is 11.8 Å². The van der Waals surface area contributed by atoms with E-state index in [1.54, 1.807) is 24.3 Å². The van der Waals surface area contributed by atoms with E-state index in [-0.39, 0.29) is 11.8 Å². The molecular weight excluding hydrogens is 288 g/mol. The molecule has 3 atom stereocenters. The summed E-state index contributed by atoms with van der Waals surface area (Å²) < 4.78 is 0. The predicted molar refractivity (Wildman–Crippen MR) is 91.3 cm³/mol. The molecule has 2 saturated carbocycles. The molecule has 3 rings (SSSR count). The molecule has 2 amide bonds. The molecule has 0 heterocycles. The SMILES string of the molecule is CC(=O)Nc1ccc(C(=O)N[C@@H]2CC[C@@H]3CCCC[C@@H]3C2)cc1. The fourth-order valence-electron chi connectivity index (χ4n) is 4.18. The van der Waals surface area contributed by atoms with Gasteiger partial charge in [0, 0.05) is 24.2 Å². The zero-order valence-corrected chi connectivity index (χ0v) is 13.8. The fourth-order valence-corrected chi connectivity index (χ4v) is 4.18. The summed E-state index contributed by atoms with van der Waals surface area (Å²) in [7, 11) is 0. The van der Waals surface area contributed by atoms with Crippen LogP contribution in [0.2, 0.25) is 0 Å². The van der Waals surface area contributed by atoms with Crippen LogP contribution in [0.3, 0.4) is 0 Å². The van der Waals surface area contributed by atoms with Gasteiger partial charge in [-0.2, -0.15) is 0 Å². The van der Waals surface area contributed by atoms with Crippen LogP contribution in [0.15, 0.2) is 24.3 Å². The van der Waals surface area contributed by atoms with E-state index < -0.39 is 0 Å². The zero-order valence-electron chi connectivity index (χ0n) is 13.8. The second-order valence-corrected chi connectivity index (χ2v) is 7.05. The second-order valence-electron chi connectivity index (χ2n) is 7.05. The van der Waals surface area contributed by atoms with Crippen molar-refractivity contribution < 1.29 is 9.59 Å². The highest BCUT2D eigenvalue weighted by Crippen LogP contribution is 2.40. The van der Waals surface area contributed by atoms with Crippen molar-refractivity contribution in [2.45, 2.75) is 57.9 Å². The van der Waals surface area contributed by atoms with Crippen LogP contribution in [0.25, 0.3) is 0 Å². The molecule has 2 aliphatic rings. The smallest absolute Gasteiger partial charge is 0.251 e. The topological polar surface area (TPSA) is 58.2 Å². The number of fused-ring (bicyclic) bond motifs is 1. The number of carbonyl (C=O) groups is 2. The maximum Gasteiger partial charge on any atom is 0.251 e. The van der Waals surface area contributed by atoms with Gasteiger partial charge in [-0.05, 0) is 55.4 Å². The van der Waals surface area contributed by atoms with E-state index in [1.807, 2.05) is 0 Å². The van der Waals surface area contributed by atoms with Crippen LogP contribution < -0.4 is 10.6 Å². The van der Waals surface area contributed by atoms with Gasteiger partial charge >= 0.3 is 0 Å². The van der Waals surface area contributed by atoms with E-state index in [0.29, 0.717) is 11.6 Å². The number of hydrogen-bond donors (Lipinski definition) is 2. The minimum atomic E-state index is -0.105. The van der Waals surface area contributed by atoms with Gasteiger partial charge in [-0.25, -0.2) is 0 Å². The van der Waals surface area contributed by atoms with Gasteiger partial charge < -0.3 is 10.6 Å². The molecule has 0 spiro atoms. The largest absolute Gasteiger partial charge is 0.349 e. The Bertz CT molecular complexity index is 567. The van der Waals surface area contributed by atoms with Gasteiger partial charge in [0.05, 0.1) is 0 Å². The third-order valence-corrected chi connectivity index (χ3v) is 5.34. The van der Waals surface area contributed by atoms with Gasteiger partial charge in [0.1, 0.15) is 0 Å². The summed E-state index contributed by atoms with van der Waals surface area (Å²) in [4.78, 5) is 23.4. The minimum absolute atomic E-state index is 0.00126. The molecule has 4 heteroatoms. The Hall–Kier alpha value is -1.84. The Kier molecular flexibility index (Phi) is 4.99. The summed E-state index contributed by atoms with van der Waals surface area (Å²) in [5.41, 5.74) is 1.38. The summed E-state index contributed by atoms with van der Waals surface area (Å²) in [6.07, 6.45) is 8.97. The number of carbonyl (C=O) groups excluding carboxylic acids is 2. The molecule has 1 aromatic carbocycles. The average Bonchev–Trinajstić information content (AvgIpc) is 2.55. The first-order valence-electron chi connectivity index (χ1n) is 8.80. The predicted octanol–water partition coefficient (Wildman–Crippen LogP) is 3.73. The zero-order chi connectivity index (χ0) is 16.2. The third kappa shape index (κ3) is 4.12. The molecule has 0 unspecified atom stereocenters. The van der Waals surface area contributed by atoms with Crippen LogP contribution in [0.1, 0.15) is 62.2 Å². The molecule has 2 fully saturated rings. The number of nitrogens with one attached hydrogen (secondary N) is 2. The maximum absolute atomic E-state index is 12.4. The molecule has 124 valence electrons. The molecule has 23 heavy (non-hydrogen) atoms. The van der Waals surface area contributed by atoms with Crippen LogP contribution in [0.5, 0.6) is 0 Å². The van der Waals surface area contributed by atoms with Crippen LogP contribution >= 0.6 is 0 Å². The first kappa shape index (κ1) is 16.0. The summed E-state index contributed by atoms with van der Waals surface area (Å²) >= 11 is 0. The fraction of sp³-hybridized carbons (Fsp3) is 0.579. The Morgan fingerprint density at radius 3 is 2.35 bits per heavy atom. The van der Waals surface area contributed by atoms with Crippen molar-refractivity contribution in [3.8, 4) is 0 Å². The average molecular weight is 314 g/mol. The van der Waals surface area contributed by atoms with E-state index in [2.05, 4.69) is 10.6 Å². The highest BCUT2D eigenvalue weighted by molar-refractivity contribution is 5.95. The molecule has 1 aromatic rings. The minimum Gasteiger partial charge on any atom is -0.349 e. The third-order valence-electron chi connectivity index (χ3n) is 5.34. The highest BCUT2D eigenvalue weighted by Gasteiger charge is 2.32. The van der Waals surface area contributed by atoms with E-state index in [9.17, 15) is 9.59 Å². The number of anilines is 1. The lowest BCUT2D eigenvalue weighted by Crippen LogP contribution is -2.41. The first-order valence-corrected chi connectivity index (χ1v) is 8.80. The van der Waals surface area contributed by atoms with E-state index in [4.69, 9.17) is 0 Å². The van der Waals surface area contributed by atoms with E-state index >= 15 is 0 Å². The summed E-state index contributed by atoms with van der Waals surface area (Å²) in [5, 5.41) is 5.91. The first-order chi connectivity index (χ1) is 11.1. The van der Waals surface area contributed by atoms with Crippen LogP contribution in [-0.4, -0.2) is 17.9 Å². The molecule has 0 radical (unpaired) electrons. The second kappa shape index (κ2) is 7.16. The number of hydrogen-bond acceptors (Lipinski definition) is 2. The molecule has 4 nitrogen and oxygen atoms in total. The van der Waals surface area contributed by atoms with Crippen molar-refractivity contribution >= 4 is 17.5 Å². The van der Waals surface area contributed by atoms with Crippen molar-refractivity contribution in [2.75, 3.05) is 5.32 Å². The van der Waals surface area contributed by atoms with Crippen molar-refractivity contribution in [3.63, 3.8) is 0 Å². The molecule has 2 N–H and O–H groups in total. The Labute approximate surface area is 138 Å². The number of benzene rings is 1. The number of rotatable bonds is 3. The number of amides is 2. The van der Waals surface area contributed by atoms with Crippen molar-refractivity contribution in [1.82, 2.24) is 5.32 Å². The lowest BCUT2D eigenvalue weighted by Gasteiger charge is -2.39. The Morgan fingerprint density at radius 1 is 0.957 bits per heavy atom. The van der Waals surface area contributed by atoms with Gasteiger partial charge in [-0.15, -0.1) is 0 Å². The van der Waals surface area contributed by atoms with Crippen molar-refractivity contribution in [3.05, 3.63) is 29.8 Å².